The summed E-state index contributed by atoms with van der Waals surface area (Å²) in [5.41, 5.74) is 0.0437. The molecule has 0 aromatic heterocycles. The van der Waals surface area contributed by atoms with Crippen LogP contribution in [0.2, 0.25) is 0 Å². The molecule has 0 radical (unpaired) electrons. The average Bonchev–Trinajstić information content (AvgIpc) is 2.40. The van der Waals surface area contributed by atoms with Crippen LogP contribution in [-0.2, 0) is 9.53 Å². The van der Waals surface area contributed by atoms with Gasteiger partial charge in [0.25, 0.3) is 0 Å². The van der Waals surface area contributed by atoms with Crippen molar-refractivity contribution in [1.82, 2.24) is 5.32 Å². The summed E-state index contributed by atoms with van der Waals surface area (Å²) in [6.45, 7) is 4.63. The largest absolute Gasteiger partial charge is 0.375 e. The smallest absolute Gasteiger partial charge is 0.137 e. The van der Waals surface area contributed by atoms with E-state index in [1.165, 1.54) is 11.5 Å². The van der Waals surface area contributed by atoms with E-state index in [-0.39, 0.29) is 11.5 Å². The molecule has 0 bridgehead atoms. The van der Waals surface area contributed by atoms with E-state index in [4.69, 9.17) is 4.74 Å². The van der Waals surface area contributed by atoms with Crippen LogP contribution in [0.4, 0.5) is 0 Å². The Hall–Kier alpha value is -0.0600. The molecule has 3 nitrogen and oxygen atoms in total. The van der Waals surface area contributed by atoms with Crippen molar-refractivity contribution in [3.63, 3.8) is 0 Å². The molecule has 2 saturated heterocycles. The highest BCUT2D eigenvalue weighted by Crippen LogP contribution is 2.40. The van der Waals surface area contributed by atoms with Crippen LogP contribution in [0.15, 0.2) is 0 Å². The van der Waals surface area contributed by atoms with Gasteiger partial charge in [-0.2, -0.15) is 11.8 Å². The number of ether oxygens (including phenoxy) is 1. The summed E-state index contributed by atoms with van der Waals surface area (Å²) in [6.07, 6.45) is 4.85. The van der Waals surface area contributed by atoms with Crippen LogP contribution in [-0.4, -0.2) is 42.6 Å². The highest BCUT2D eigenvalue weighted by atomic mass is 32.2. The minimum atomic E-state index is 0.0437. The molecule has 1 N–H and O–H groups in total. The first-order valence-electron chi connectivity index (χ1n) is 7.21. The summed E-state index contributed by atoms with van der Waals surface area (Å²) in [4.78, 5) is 12.2. The molecule has 2 rings (SSSR count). The first-order chi connectivity index (χ1) is 8.76. The van der Waals surface area contributed by atoms with Crippen molar-refractivity contribution in [2.45, 2.75) is 44.6 Å². The molecule has 2 heterocycles. The zero-order valence-electron chi connectivity index (χ0n) is 11.4. The molecule has 2 aliphatic rings. The lowest BCUT2D eigenvalue weighted by atomic mass is 9.79. The zero-order chi connectivity index (χ0) is 12.8. The minimum Gasteiger partial charge on any atom is -0.375 e. The monoisotopic (exact) mass is 271 g/mol. The summed E-state index contributed by atoms with van der Waals surface area (Å²) in [6, 6.07) is 0. The van der Waals surface area contributed by atoms with Gasteiger partial charge in [-0.1, -0.05) is 6.92 Å². The van der Waals surface area contributed by atoms with Gasteiger partial charge in [-0.15, -0.1) is 0 Å². The molecule has 0 saturated carbocycles. The number of carbonyl (C=O) groups excluding carboxylic acids is 1. The summed E-state index contributed by atoms with van der Waals surface area (Å²) in [7, 11) is 0. The van der Waals surface area contributed by atoms with Crippen molar-refractivity contribution in [2.75, 3.05) is 31.2 Å². The third kappa shape index (κ3) is 3.72. The SMILES string of the molecule is CCNCCC(=O)C1CCOC2(CCSCC2)C1. The van der Waals surface area contributed by atoms with Gasteiger partial charge in [-0.25, -0.2) is 0 Å². The minimum absolute atomic E-state index is 0.0437. The molecule has 18 heavy (non-hydrogen) atoms. The van der Waals surface area contributed by atoms with Crippen LogP contribution in [0.5, 0.6) is 0 Å². The van der Waals surface area contributed by atoms with Gasteiger partial charge in [0.15, 0.2) is 0 Å². The number of hydrogen-bond donors (Lipinski definition) is 1. The number of Topliss-reactive ketones (excluding diaryl/α,β-unsaturated/α-hetero) is 1. The Morgan fingerprint density at radius 3 is 2.94 bits per heavy atom. The molecule has 0 aliphatic carbocycles. The van der Waals surface area contributed by atoms with E-state index in [0.29, 0.717) is 12.2 Å². The lowest BCUT2D eigenvalue weighted by Gasteiger charge is -2.43. The Morgan fingerprint density at radius 1 is 1.44 bits per heavy atom. The van der Waals surface area contributed by atoms with Crippen LogP contribution >= 0.6 is 11.8 Å². The van der Waals surface area contributed by atoms with Crippen molar-refractivity contribution < 1.29 is 9.53 Å². The first-order valence-corrected chi connectivity index (χ1v) is 8.36. The van der Waals surface area contributed by atoms with E-state index in [9.17, 15) is 4.79 Å². The molecule has 1 atom stereocenters. The van der Waals surface area contributed by atoms with Crippen LogP contribution < -0.4 is 5.32 Å². The van der Waals surface area contributed by atoms with E-state index < -0.39 is 0 Å². The molecule has 0 aromatic carbocycles. The van der Waals surface area contributed by atoms with E-state index in [0.717, 1.165) is 45.4 Å². The van der Waals surface area contributed by atoms with Gasteiger partial charge in [-0.3, -0.25) is 4.79 Å². The molecule has 1 spiro atoms. The van der Waals surface area contributed by atoms with Gasteiger partial charge in [0.05, 0.1) is 5.60 Å². The summed E-state index contributed by atoms with van der Waals surface area (Å²) in [5, 5.41) is 3.23. The predicted molar refractivity (Wildman–Crippen MR) is 76.1 cm³/mol. The summed E-state index contributed by atoms with van der Waals surface area (Å²) >= 11 is 2.01. The molecule has 2 aliphatic heterocycles. The third-order valence-electron chi connectivity index (χ3n) is 4.15. The Kier molecular flexibility index (Phi) is 5.52. The Morgan fingerprint density at radius 2 is 2.22 bits per heavy atom. The number of rotatable bonds is 5. The van der Waals surface area contributed by atoms with E-state index in [2.05, 4.69) is 12.2 Å². The molecule has 4 heteroatoms. The topological polar surface area (TPSA) is 38.3 Å². The standard InChI is InChI=1S/C14H25NO2S/c1-2-15-7-3-13(16)12-4-8-17-14(11-12)5-9-18-10-6-14/h12,15H,2-11H2,1H3. The normalized spacial score (nSPS) is 27.3. The van der Waals surface area contributed by atoms with E-state index >= 15 is 0 Å². The number of carbonyl (C=O) groups is 1. The fourth-order valence-corrected chi connectivity index (χ4v) is 4.22. The van der Waals surface area contributed by atoms with Crippen molar-refractivity contribution in [1.29, 1.82) is 0 Å². The lowest BCUT2D eigenvalue weighted by Crippen LogP contribution is -2.44. The molecular formula is C14H25NO2S. The second kappa shape index (κ2) is 6.92. The summed E-state index contributed by atoms with van der Waals surface area (Å²) in [5.74, 6) is 3.08. The van der Waals surface area contributed by atoms with Crippen molar-refractivity contribution in [2.24, 2.45) is 5.92 Å². The third-order valence-corrected chi connectivity index (χ3v) is 5.14. The second-order valence-electron chi connectivity index (χ2n) is 5.40. The fraction of sp³-hybridized carbons (Fsp3) is 0.929. The van der Waals surface area contributed by atoms with Crippen LogP contribution in [0, 0.1) is 5.92 Å². The van der Waals surface area contributed by atoms with Gasteiger partial charge in [0, 0.05) is 25.5 Å². The maximum absolute atomic E-state index is 12.2. The van der Waals surface area contributed by atoms with Gasteiger partial charge in [-0.05, 0) is 43.7 Å². The number of thioether (sulfide) groups is 1. The predicted octanol–water partition coefficient (Wildman–Crippen LogP) is 2.25. The highest BCUT2D eigenvalue weighted by molar-refractivity contribution is 7.99. The van der Waals surface area contributed by atoms with Gasteiger partial charge >= 0.3 is 0 Å². The molecule has 2 fully saturated rings. The van der Waals surface area contributed by atoms with Crippen molar-refractivity contribution >= 4 is 17.5 Å². The average molecular weight is 271 g/mol. The van der Waals surface area contributed by atoms with Crippen molar-refractivity contribution in [3.05, 3.63) is 0 Å². The Labute approximate surface area is 114 Å². The van der Waals surface area contributed by atoms with E-state index in [1.54, 1.807) is 0 Å². The van der Waals surface area contributed by atoms with Crippen LogP contribution in [0.3, 0.4) is 0 Å². The molecule has 104 valence electrons. The maximum atomic E-state index is 12.2. The van der Waals surface area contributed by atoms with Crippen LogP contribution in [0.25, 0.3) is 0 Å². The van der Waals surface area contributed by atoms with Gasteiger partial charge < -0.3 is 10.1 Å². The molecule has 0 amide bonds. The van der Waals surface area contributed by atoms with Gasteiger partial charge in [0.2, 0.25) is 0 Å². The zero-order valence-corrected chi connectivity index (χ0v) is 12.2. The molecule has 0 aromatic rings. The highest BCUT2D eigenvalue weighted by Gasteiger charge is 2.40. The second-order valence-corrected chi connectivity index (χ2v) is 6.63. The Bertz CT molecular complexity index is 271. The maximum Gasteiger partial charge on any atom is 0.137 e. The van der Waals surface area contributed by atoms with E-state index in [1.807, 2.05) is 11.8 Å². The fourth-order valence-electron chi connectivity index (χ4n) is 2.99. The first kappa shape index (κ1) is 14.4. The molecular weight excluding hydrogens is 246 g/mol. The lowest BCUT2D eigenvalue weighted by molar-refractivity contribution is -0.138. The van der Waals surface area contributed by atoms with Crippen molar-refractivity contribution in [3.8, 4) is 0 Å². The molecule has 1 unspecified atom stereocenters. The Balaban J connectivity index is 1.83. The quantitative estimate of drug-likeness (QED) is 0.778. The van der Waals surface area contributed by atoms with Gasteiger partial charge in [0.1, 0.15) is 5.78 Å². The van der Waals surface area contributed by atoms with Crippen LogP contribution in [0.1, 0.15) is 39.0 Å². The summed E-state index contributed by atoms with van der Waals surface area (Å²) < 4.78 is 6.03. The number of ketones is 1. The number of nitrogens with one attached hydrogen (secondary N) is 1. The number of hydrogen-bond acceptors (Lipinski definition) is 4.